The highest BCUT2D eigenvalue weighted by Crippen LogP contribution is 2.40. The van der Waals surface area contributed by atoms with Gasteiger partial charge in [-0.2, -0.15) is 0 Å². The maximum Gasteiger partial charge on any atom is 0.295 e. The lowest BCUT2D eigenvalue weighted by Gasteiger charge is -2.25. The number of aryl methyl sites for hydroxylation is 1. The summed E-state index contributed by atoms with van der Waals surface area (Å²) in [6.07, 6.45) is 1.59. The molecule has 0 saturated carbocycles. The number of unbranched alkanes of at least 4 members (excludes halogenated alkanes) is 1. The Kier molecular flexibility index (Phi) is 6.55. The molecule has 1 unspecified atom stereocenters. The lowest BCUT2D eigenvalue weighted by Crippen LogP contribution is -2.30. The van der Waals surface area contributed by atoms with Crippen LogP contribution in [-0.2, 0) is 9.59 Å². The Morgan fingerprint density at radius 2 is 1.83 bits per heavy atom. The second-order valence-corrected chi connectivity index (χ2v) is 7.31. The highest BCUT2D eigenvalue weighted by molar-refractivity contribution is 6.46. The predicted octanol–water partition coefficient (Wildman–Crippen LogP) is 4.75. The van der Waals surface area contributed by atoms with Crippen LogP contribution in [0.4, 0.5) is 4.39 Å². The summed E-state index contributed by atoms with van der Waals surface area (Å²) in [7, 11) is 0. The van der Waals surface area contributed by atoms with Gasteiger partial charge in [-0.25, -0.2) is 4.39 Å². The summed E-state index contributed by atoms with van der Waals surface area (Å²) < 4.78 is 19.2. The molecule has 0 aromatic heterocycles. The average molecular weight is 411 g/mol. The Bertz CT molecular complexity index is 981. The number of likely N-dealkylation sites (tertiary alicyclic amines) is 1. The topological polar surface area (TPSA) is 66.8 Å². The molecule has 30 heavy (non-hydrogen) atoms. The second-order valence-electron chi connectivity index (χ2n) is 7.31. The summed E-state index contributed by atoms with van der Waals surface area (Å²) in [6.45, 7) is 6.40. The van der Waals surface area contributed by atoms with Gasteiger partial charge in [-0.3, -0.25) is 9.59 Å². The van der Waals surface area contributed by atoms with Gasteiger partial charge in [0.15, 0.2) is 0 Å². The first-order valence-electron chi connectivity index (χ1n) is 10.2. The van der Waals surface area contributed by atoms with Crippen LogP contribution in [0.1, 0.15) is 49.4 Å². The van der Waals surface area contributed by atoms with E-state index in [1.54, 1.807) is 31.2 Å². The van der Waals surface area contributed by atoms with Gasteiger partial charge in [0.25, 0.3) is 11.7 Å². The first-order chi connectivity index (χ1) is 14.4. The van der Waals surface area contributed by atoms with Crippen molar-refractivity contribution < 1.29 is 23.8 Å². The molecule has 3 rings (SSSR count). The lowest BCUT2D eigenvalue weighted by atomic mass is 9.94. The minimum atomic E-state index is -0.732. The smallest absolute Gasteiger partial charge is 0.295 e. The van der Waals surface area contributed by atoms with Gasteiger partial charge in [-0.1, -0.05) is 25.5 Å². The van der Waals surface area contributed by atoms with Crippen molar-refractivity contribution in [2.45, 2.75) is 39.7 Å². The molecule has 1 heterocycles. The minimum Gasteiger partial charge on any atom is -0.507 e. The maximum absolute atomic E-state index is 13.7. The fourth-order valence-corrected chi connectivity index (χ4v) is 3.65. The molecule has 158 valence electrons. The quantitative estimate of drug-likeness (QED) is 0.405. The molecule has 1 atom stereocenters. The maximum atomic E-state index is 13.7. The fourth-order valence-electron chi connectivity index (χ4n) is 3.65. The number of nitrogens with zero attached hydrogens (tertiary/aromatic N) is 1. The monoisotopic (exact) mass is 411 g/mol. The molecule has 2 aromatic carbocycles. The molecule has 0 aliphatic carbocycles. The number of carbonyl (C=O) groups excluding carboxylic acids is 2. The van der Waals surface area contributed by atoms with E-state index in [0.717, 1.165) is 12.8 Å². The van der Waals surface area contributed by atoms with Crippen LogP contribution < -0.4 is 4.74 Å². The predicted molar refractivity (Wildman–Crippen MR) is 113 cm³/mol. The van der Waals surface area contributed by atoms with E-state index in [4.69, 9.17) is 4.74 Å². The van der Waals surface area contributed by atoms with Crippen molar-refractivity contribution >= 4 is 17.4 Å². The van der Waals surface area contributed by atoms with Crippen molar-refractivity contribution in [3.8, 4) is 5.75 Å². The molecule has 0 radical (unpaired) electrons. The van der Waals surface area contributed by atoms with Crippen molar-refractivity contribution in [1.82, 2.24) is 4.90 Å². The number of carbonyl (C=O) groups is 2. The standard InChI is InChI=1S/C24H26FNO4/c1-4-6-13-26-21(16-7-10-18(11-8-16)30-5-2)20(23(28)24(26)29)22(27)17-9-12-19(25)15(3)14-17/h7-12,14,21,27H,4-6,13H2,1-3H3/b22-20-. The van der Waals surface area contributed by atoms with Crippen molar-refractivity contribution in [2.24, 2.45) is 0 Å². The summed E-state index contributed by atoms with van der Waals surface area (Å²) >= 11 is 0. The molecule has 1 amide bonds. The van der Waals surface area contributed by atoms with Crippen molar-refractivity contribution in [3.63, 3.8) is 0 Å². The number of hydrogen-bond donors (Lipinski definition) is 1. The van der Waals surface area contributed by atoms with Gasteiger partial charge < -0.3 is 14.7 Å². The number of amides is 1. The van der Waals surface area contributed by atoms with Gasteiger partial charge in [-0.05, 0) is 61.7 Å². The molecule has 2 aromatic rings. The molecular formula is C24H26FNO4. The van der Waals surface area contributed by atoms with Gasteiger partial charge in [0, 0.05) is 12.1 Å². The molecule has 6 heteroatoms. The van der Waals surface area contributed by atoms with E-state index in [2.05, 4.69) is 0 Å². The minimum absolute atomic E-state index is 0.0197. The zero-order valence-corrected chi connectivity index (χ0v) is 17.4. The molecule has 1 saturated heterocycles. The van der Waals surface area contributed by atoms with Crippen LogP contribution in [0.2, 0.25) is 0 Å². The fraction of sp³-hybridized carbons (Fsp3) is 0.333. The Morgan fingerprint density at radius 1 is 1.13 bits per heavy atom. The molecule has 1 aliphatic heterocycles. The third-order valence-corrected chi connectivity index (χ3v) is 5.23. The van der Waals surface area contributed by atoms with Crippen molar-refractivity contribution in [1.29, 1.82) is 0 Å². The lowest BCUT2D eigenvalue weighted by molar-refractivity contribution is -0.139. The van der Waals surface area contributed by atoms with E-state index in [9.17, 15) is 19.1 Å². The van der Waals surface area contributed by atoms with Crippen LogP contribution in [0.3, 0.4) is 0 Å². The van der Waals surface area contributed by atoms with Crippen molar-refractivity contribution in [3.05, 3.63) is 70.5 Å². The Labute approximate surface area is 175 Å². The van der Waals surface area contributed by atoms with Gasteiger partial charge in [-0.15, -0.1) is 0 Å². The zero-order chi connectivity index (χ0) is 21.8. The van der Waals surface area contributed by atoms with E-state index in [-0.39, 0.29) is 11.3 Å². The Balaban J connectivity index is 2.13. The second kappa shape index (κ2) is 9.11. The van der Waals surface area contributed by atoms with Gasteiger partial charge in [0.05, 0.1) is 18.2 Å². The highest BCUT2D eigenvalue weighted by Gasteiger charge is 2.45. The molecular weight excluding hydrogens is 385 g/mol. The van der Waals surface area contributed by atoms with Gasteiger partial charge in [0.1, 0.15) is 17.3 Å². The molecule has 0 spiro atoms. The summed E-state index contributed by atoms with van der Waals surface area (Å²) in [5, 5.41) is 11.0. The normalized spacial score (nSPS) is 18.1. The number of hydrogen-bond acceptors (Lipinski definition) is 4. The Hall–Kier alpha value is -3.15. The van der Waals surface area contributed by atoms with Gasteiger partial charge >= 0.3 is 0 Å². The SMILES string of the molecule is CCCCN1C(=O)C(=O)/C(=C(\O)c2ccc(F)c(C)c2)C1c1ccc(OCC)cc1. The number of aliphatic hydroxyl groups excluding tert-OH is 1. The highest BCUT2D eigenvalue weighted by atomic mass is 19.1. The summed E-state index contributed by atoms with van der Waals surface area (Å²) in [4.78, 5) is 27.2. The Morgan fingerprint density at radius 3 is 2.43 bits per heavy atom. The number of rotatable bonds is 7. The van der Waals surface area contributed by atoms with E-state index < -0.39 is 23.5 Å². The van der Waals surface area contributed by atoms with Crippen LogP contribution in [0.25, 0.3) is 5.76 Å². The van der Waals surface area contributed by atoms with Crippen LogP contribution in [0.5, 0.6) is 5.75 Å². The third-order valence-electron chi connectivity index (χ3n) is 5.23. The number of halogens is 1. The zero-order valence-electron chi connectivity index (χ0n) is 17.4. The molecule has 1 fully saturated rings. The first kappa shape index (κ1) is 21.6. The summed E-state index contributed by atoms with van der Waals surface area (Å²) in [5.74, 6) is -1.39. The summed E-state index contributed by atoms with van der Waals surface area (Å²) in [5.41, 5.74) is 1.37. The number of aliphatic hydroxyl groups is 1. The van der Waals surface area contributed by atoms with Crippen LogP contribution in [0.15, 0.2) is 48.0 Å². The van der Waals surface area contributed by atoms with E-state index in [0.29, 0.717) is 35.6 Å². The van der Waals surface area contributed by atoms with Crippen LogP contribution >= 0.6 is 0 Å². The average Bonchev–Trinajstić information content (AvgIpc) is 2.99. The molecule has 1 N–H and O–H groups in total. The van der Waals surface area contributed by atoms with E-state index in [1.165, 1.54) is 23.1 Å². The first-order valence-corrected chi connectivity index (χ1v) is 10.2. The largest absolute Gasteiger partial charge is 0.507 e. The number of ether oxygens (including phenoxy) is 1. The van der Waals surface area contributed by atoms with Crippen LogP contribution in [0, 0.1) is 12.7 Å². The number of ketones is 1. The number of benzene rings is 2. The van der Waals surface area contributed by atoms with Crippen LogP contribution in [-0.4, -0.2) is 34.8 Å². The van der Waals surface area contributed by atoms with E-state index >= 15 is 0 Å². The summed E-state index contributed by atoms with van der Waals surface area (Å²) in [6, 6.07) is 10.6. The molecule has 1 aliphatic rings. The number of Topliss-reactive ketones (excluding diaryl/α,β-unsaturated/α-hetero) is 1. The van der Waals surface area contributed by atoms with Crippen molar-refractivity contribution in [2.75, 3.05) is 13.2 Å². The third kappa shape index (κ3) is 4.08. The van der Waals surface area contributed by atoms with Gasteiger partial charge in [0.2, 0.25) is 0 Å². The molecule has 0 bridgehead atoms. The molecule has 5 nitrogen and oxygen atoms in total. The van der Waals surface area contributed by atoms with E-state index in [1.807, 2.05) is 13.8 Å².